The molecule has 2 nitrogen and oxygen atoms in total. The molecular formula is C56H38N2. The van der Waals surface area contributed by atoms with Crippen molar-refractivity contribution < 1.29 is 0 Å². The molecule has 58 heavy (non-hydrogen) atoms. The van der Waals surface area contributed by atoms with Crippen molar-refractivity contribution in [2.75, 3.05) is 4.90 Å². The zero-order chi connectivity index (χ0) is 38.4. The second-order valence-corrected chi connectivity index (χ2v) is 15.0. The Morgan fingerprint density at radius 3 is 1.66 bits per heavy atom. The number of para-hydroxylation sites is 2. The van der Waals surface area contributed by atoms with Crippen LogP contribution in [-0.4, -0.2) is 4.57 Å². The lowest BCUT2D eigenvalue weighted by Gasteiger charge is -2.27. The second-order valence-electron chi connectivity index (χ2n) is 15.0. The summed E-state index contributed by atoms with van der Waals surface area (Å²) in [5.74, 6) is 0. The Kier molecular flexibility index (Phi) is 8.19. The van der Waals surface area contributed by atoms with E-state index in [2.05, 4.69) is 240 Å². The molecule has 0 saturated carbocycles. The molecule has 0 spiro atoms. The van der Waals surface area contributed by atoms with E-state index in [0.717, 1.165) is 22.7 Å². The lowest BCUT2D eigenvalue weighted by molar-refractivity contribution is 1.18. The summed E-state index contributed by atoms with van der Waals surface area (Å²) in [6.07, 6.45) is 0. The van der Waals surface area contributed by atoms with Gasteiger partial charge >= 0.3 is 0 Å². The molecule has 0 saturated heterocycles. The monoisotopic (exact) mass is 738 g/mol. The van der Waals surface area contributed by atoms with Crippen molar-refractivity contribution in [3.8, 4) is 39.1 Å². The highest BCUT2D eigenvalue weighted by Gasteiger charge is 2.17. The molecule has 0 N–H and O–H groups in total. The van der Waals surface area contributed by atoms with Crippen LogP contribution in [0, 0.1) is 0 Å². The fourth-order valence-electron chi connectivity index (χ4n) is 8.79. The van der Waals surface area contributed by atoms with Gasteiger partial charge in [-0.1, -0.05) is 164 Å². The number of fused-ring (bicyclic) bond motifs is 5. The first-order chi connectivity index (χ1) is 28.8. The van der Waals surface area contributed by atoms with Gasteiger partial charge in [-0.2, -0.15) is 0 Å². The zero-order valence-electron chi connectivity index (χ0n) is 31.8. The lowest BCUT2D eigenvalue weighted by atomic mass is 9.96. The number of rotatable bonds is 7. The standard InChI is InChI=1S/C56H38N2/c1-3-20-46(21-4-1)57(54-27-13-17-41-15-8-10-25-51(41)54)48-32-28-39(29-33-48)42-18-11-19-43(36-42)44-31-35-55-53(37-44)52-34-30-45(38-56(52)58(55)47-22-5-2-6-23-47)50-26-12-16-40-14-7-9-24-49(40)50/h1-38H. The molecule has 0 bridgehead atoms. The van der Waals surface area contributed by atoms with E-state index in [-0.39, 0.29) is 0 Å². The third-order valence-electron chi connectivity index (χ3n) is 11.6. The Labute approximate surface area is 338 Å². The minimum Gasteiger partial charge on any atom is -0.310 e. The highest BCUT2D eigenvalue weighted by Crippen LogP contribution is 2.41. The summed E-state index contributed by atoms with van der Waals surface area (Å²) in [5, 5.41) is 7.45. The van der Waals surface area contributed by atoms with Crippen molar-refractivity contribution in [2.45, 2.75) is 0 Å². The molecule has 0 aliphatic rings. The maximum atomic E-state index is 2.41. The number of hydrogen-bond donors (Lipinski definition) is 0. The molecule has 0 amide bonds. The Morgan fingerprint density at radius 1 is 0.293 bits per heavy atom. The summed E-state index contributed by atoms with van der Waals surface area (Å²) in [6.45, 7) is 0. The molecule has 0 atom stereocenters. The molecule has 272 valence electrons. The van der Waals surface area contributed by atoms with Gasteiger partial charge in [-0.05, 0) is 116 Å². The molecule has 0 aliphatic carbocycles. The summed E-state index contributed by atoms with van der Waals surface area (Å²) in [6, 6.07) is 83.6. The fourth-order valence-corrected chi connectivity index (χ4v) is 8.79. The molecule has 0 unspecified atom stereocenters. The Balaban J connectivity index is 0.988. The minimum atomic E-state index is 1.12. The quantitative estimate of drug-likeness (QED) is 0.158. The Hall–Kier alpha value is -7.68. The average Bonchev–Trinajstić information content (AvgIpc) is 3.63. The molecule has 1 aromatic heterocycles. The van der Waals surface area contributed by atoms with E-state index in [4.69, 9.17) is 0 Å². The lowest BCUT2D eigenvalue weighted by Crippen LogP contribution is -2.10. The molecule has 0 radical (unpaired) electrons. The van der Waals surface area contributed by atoms with E-state index in [1.54, 1.807) is 0 Å². The maximum absolute atomic E-state index is 2.41. The van der Waals surface area contributed by atoms with Gasteiger partial charge in [0.1, 0.15) is 0 Å². The van der Waals surface area contributed by atoms with E-state index in [1.807, 2.05) is 0 Å². The molecule has 1 heterocycles. The fraction of sp³-hybridized carbons (Fsp3) is 0. The molecule has 0 fully saturated rings. The van der Waals surface area contributed by atoms with Gasteiger partial charge in [0.25, 0.3) is 0 Å². The summed E-state index contributed by atoms with van der Waals surface area (Å²) < 4.78 is 2.41. The van der Waals surface area contributed by atoms with Crippen LogP contribution in [0.1, 0.15) is 0 Å². The van der Waals surface area contributed by atoms with E-state index >= 15 is 0 Å². The topological polar surface area (TPSA) is 8.17 Å². The molecule has 10 aromatic carbocycles. The molecule has 2 heteroatoms. The van der Waals surface area contributed by atoms with Crippen LogP contribution < -0.4 is 4.90 Å². The van der Waals surface area contributed by atoms with E-state index < -0.39 is 0 Å². The van der Waals surface area contributed by atoms with E-state index in [0.29, 0.717) is 0 Å². The second kappa shape index (κ2) is 14.1. The van der Waals surface area contributed by atoms with Crippen molar-refractivity contribution in [3.63, 3.8) is 0 Å². The predicted octanol–water partition coefficient (Wildman–Crippen LogP) is 15.6. The molecule has 0 aliphatic heterocycles. The third-order valence-corrected chi connectivity index (χ3v) is 11.6. The van der Waals surface area contributed by atoms with Crippen molar-refractivity contribution >= 4 is 60.4 Å². The van der Waals surface area contributed by atoms with Crippen molar-refractivity contribution in [3.05, 3.63) is 231 Å². The van der Waals surface area contributed by atoms with Crippen LogP contribution in [-0.2, 0) is 0 Å². The smallest absolute Gasteiger partial charge is 0.0547 e. The summed E-state index contributed by atoms with van der Waals surface area (Å²) in [7, 11) is 0. The van der Waals surface area contributed by atoms with Gasteiger partial charge in [0.05, 0.1) is 16.7 Å². The van der Waals surface area contributed by atoms with Gasteiger partial charge in [0.2, 0.25) is 0 Å². The Bertz CT molecular complexity index is 3260. The highest BCUT2D eigenvalue weighted by molar-refractivity contribution is 6.12. The summed E-state index contributed by atoms with van der Waals surface area (Å²) in [4.78, 5) is 2.36. The van der Waals surface area contributed by atoms with Crippen LogP contribution in [0.15, 0.2) is 231 Å². The van der Waals surface area contributed by atoms with Crippen LogP contribution in [0.5, 0.6) is 0 Å². The van der Waals surface area contributed by atoms with Crippen LogP contribution in [0.2, 0.25) is 0 Å². The summed E-state index contributed by atoms with van der Waals surface area (Å²) in [5.41, 5.74) is 14.2. The number of nitrogens with zero attached hydrogens (tertiary/aromatic N) is 2. The normalized spacial score (nSPS) is 11.4. The number of anilines is 3. The predicted molar refractivity (Wildman–Crippen MR) is 247 cm³/mol. The molecular weight excluding hydrogens is 701 g/mol. The average molecular weight is 739 g/mol. The van der Waals surface area contributed by atoms with Gasteiger partial charge in [0, 0.05) is 33.2 Å². The van der Waals surface area contributed by atoms with Gasteiger partial charge in [-0.15, -0.1) is 0 Å². The number of hydrogen-bond acceptors (Lipinski definition) is 1. The van der Waals surface area contributed by atoms with Crippen molar-refractivity contribution in [1.82, 2.24) is 4.57 Å². The number of aromatic nitrogens is 1. The van der Waals surface area contributed by atoms with E-state index in [9.17, 15) is 0 Å². The SMILES string of the molecule is c1ccc(N(c2ccc(-c3cccc(-c4ccc5c(c4)c4ccc(-c6cccc7ccccc67)cc4n5-c4ccccc4)c3)cc2)c2cccc3ccccc23)cc1. The maximum Gasteiger partial charge on any atom is 0.0547 e. The third kappa shape index (κ3) is 5.82. The van der Waals surface area contributed by atoms with Gasteiger partial charge in [0.15, 0.2) is 0 Å². The Morgan fingerprint density at radius 2 is 0.862 bits per heavy atom. The summed E-state index contributed by atoms with van der Waals surface area (Å²) >= 11 is 0. The van der Waals surface area contributed by atoms with Crippen LogP contribution >= 0.6 is 0 Å². The first-order valence-corrected chi connectivity index (χ1v) is 19.9. The van der Waals surface area contributed by atoms with Gasteiger partial charge in [-0.3, -0.25) is 0 Å². The largest absolute Gasteiger partial charge is 0.310 e. The van der Waals surface area contributed by atoms with Gasteiger partial charge in [-0.25, -0.2) is 0 Å². The molecule has 11 aromatic rings. The van der Waals surface area contributed by atoms with Crippen molar-refractivity contribution in [2.24, 2.45) is 0 Å². The van der Waals surface area contributed by atoms with Crippen LogP contribution in [0.4, 0.5) is 17.1 Å². The van der Waals surface area contributed by atoms with Crippen LogP contribution in [0.25, 0.3) is 82.4 Å². The first-order valence-electron chi connectivity index (χ1n) is 19.9. The number of benzene rings is 10. The van der Waals surface area contributed by atoms with Crippen LogP contribution in [0.3, 0.4) is 0 Å². The van der Waals surface area contributed by atoms with Gasteiger partial charge < -0.3 is 9.47 Å². The minimum absolute atomic E-state index is 1.12. The van der Waals surface area contributed by atoms with Crippen molar-refractivity contribution in [1.29, 1.82) is 0 Å². The zero-order valence-corrected chi connectivity index (χ0v) is 31.8. The highest BCUT2D eigenvalue weighted by atomic mass is 15.1. The first kappa shape index (κ1) is 33.6. The molecule has 11 rings (SSSR count). The van der Waals surface area contributed by atoms with E-state index in [1.165, 1.54) is 76.7 Å².